The summed E-state index contributed by atoms with van der Waals surface area (Å²) in [6.07, 6.45) is 6.91. The zero-order valence-electron chi connectivity index (χ0n) is 12.3. The Bertz CT molecular complexity index is 559. The van der Waals surface area contributed by atoms with Crippen molar-refractivity contribution in [1.82, 2.24) is 10.1 Å². The van der Waals surface area contributed by atoms with E-state index in [1.807, 2.05) is 30.4 Å². The van der Waals surface area contributed by atoms with E-state index in [1.165, 1.54) is 5.56 Å². The van der Waals surface area contributed by atoms with Crippen LogP contribution in [0.2, 0.25) is 0 Å². The number of rotatable bonds is 4. The Balaban J connectivity index is 1.71. The van der Waals surface area contributed by atoms with Crippen molar-refractivity contribution in [3.63, 3.8) is 0 Å². The van der Waals surface area contributed by atoms with Crippen molar-refractivity contribution in [2.75, 3.05) is 13.1 Å². The van der Waals surface area contributed by atoms with Crippen LogP contribution in [-0.2, 0) is 6.54 Å². The maximum absolute atomic E-state index is 9.57. The van der Waals surface area contributed by atoms with Crippen LogP contribution in [0.25, 0.3) is 0 Å². The quantitative estimate of drug-likeness (QED) is 0.661. The molecular weight excluding hydrogens is 300 g/mol. The predicted octanol–water partition coefficient (Wildman–Crippen LogP) is 3.06. The first-order valence-corrected chi connectivity index (χ1v) is 8.02. The minimum Gasteiger partial charge on any atom is -0.297 e. The molecule has 3 atom stereocenters. The van der Waals surface area contributed by atoms with Gasteiger partial charge in [0.05, 0.1) is 11.4 Å². The van der Waals surface area contributed by atoms with E-state index in [1.54, 1.807) is 0 Å². The molecule has 3 rings (SSSR count). The van der Waals surface area contributed by atoms with Gasteiger partial charge in [0.15, 0.2) is 0 Å². The molecule has 5 heteroatoms. The van der Waals surface area contributed by atoms with Crippen molar-refractivity contribution >= 4 is 11.6 Å². The number of hydroxylamine groups is 2. The van der Waals surface area contributed by atoms with Gasteiger partial charge < -0.3 is 0 Å². The van der Waals surface area contributed by atoms with Gasteiger partial charge in [0.1, 0.15) is 0 Å². The summed E-state index contributed by atoms with van der Waals surface area (Å²) in [7, 11) is 0. The van der Waals surface area contributed by atoms with E-state index in [9.17, 15) is 10.4 Å². The lowest BCUT2D eigenvalue weighted by atomic mass is 9.90. The number of allylic oxidation sites excluding steroid dienone is 3. The van der Waals surface area contributed by atoms with Gasteiger partial charge in [-0.2, -0.15) is 0 Å². The van der Waals surface area contributed by atoms with Gasteiger partial charge in [-0.1, -0.05) is 53.8 Å². The third-order valence-corrected chi connectivity index (χ3v) is 4.74. The van der Waals surface area contributed by atoms with Gasteiger partial charge in [-0.15, -0.1) is 11.6 Å². The summed E-state index contributed by atoms with van der Waals surface area (Å²) in [5.74, 6) is 0.0825. The fraction of sp³-hybridized carbons (Fsp3) is 0.412. The summed E-state index contributed by atoms with van der Waals surface area (Å²) in [5.41, 5.74) is 2.38. The van der Waals surface area contributed by atoms with Gasteiger partial charge in [0, 0.05) is 25.6 Å². The zero-order valence-corrected chi connectivity index (χ0v) is 13.1. The second kappa shape index (κ2) is 6.94. The molecule has 1 aliphatic carbocycles. The van der Waals surface area contributed by atoms with Gasteiger partial charge in [-0.05, 0) is 17.6 Å². The molecule has 118 valence electrons. The molecule has 1 saturated heterocycles. The first kappa shape index (κ1) is 15.7. The molecule has 1 aliphatic heterocycles. The van der Waals surface area contributed by atoms with Crippen molar-refractivity contribution in [1.29, 1.82) is 0 Å². The van der Waals surface area contributed by atoms with Crippen LogP contribution in [-0.4, -0.2) is 45.0 Å². The van der Waals surface area contributed by atoms with E-state index in [-0.39, 0.29) is 17.3 Å². The average Bonchev–Trinajstić information content (AvgIpc) is 2.93. The first-order valence-electron chi connectivity index (χ1n) is 7.59. The average molecular weight is 321 g/mol. The molecular formula is C17H21ClN2O2. The van der Waals surface area contributed by atoms with Crippen molar-refractivity contribution in [2.45, 2.75) is 24.4 Å². The Labute approximate surface area is 135 Å². The van der Waals surface area contributed by atoms with Crippen LogP contribution in [0.4, 0.5) is 0 Å². The molecule has 1 aromatic carbocycles. The molecule has 0 amide bonds. The van der Waals surface area contributed by atoms with Crippen molar-refractivity contribution < 1.29 is 10.4 Å². The SMILES string of the molecule is ON(O)[C@@H]1CN(Cc2ccccc2)C[C@H]1C1=CCC(Cl)C=C1. The second-order valence-electron chi connectivity index (χ2n) is 5.99. The maximum atomic E-state index is 9.57. The summed E-state index contributed by atoms with van der Waals surface area (Å²) >= 11 is 6.07. The molecule has 0 aromatic heterocycles. The summed E-state index contributed by atoms with van der Waals surface area (Å²) in [6, 6.07) is 9.93. The van der Waals surface area contributed by atoms with Crippen LogP contribution in [0.5, 0.6) is 0 Å². The lowest BCUT2D eigenvalue weighted by molar-refractivity contribution is -0.333. The Morgan fingerprint density at radius 1 is 1.18 bits per heavy atom. The van der Waals surface area contributed by atoms with E-state index in [0.717, 1.165) is 25.1 Å². The number of benzene rings is 1. The maximum Gasteiger partial charge on any atom is 0.0831 e. The molecule has 1 unspecified atom stereocenters. The zero-order chi connectivity index (χ0) is 15.5. The fourth-order valence-electron chi connectivity index (χ4n) is 3.28. The minimum absolute atomic E-state index is 0.0448. The number of likely N-dealkylation sites (tertiary alicyclic amines) is 1. The standard InChI is InChI=1S/C17H21ClN2O2/c18-15-8-6-14(7-9-15)16-11-19(12-17(16)20(21)22)10-13-4-2-1-3-5-13/h1-8,15-17,21-22H,9-12H2/t15?,16-,17+/m0/s1. The molecule has 1 heterocycles. The molecule has 1 fully saturated rings. The van der Waals surface area contributed by atoms with Crippen LogP contribution in [0.15, 0.2) is 54.1 Å². The minimum atomic E-state index is -0.313. The number of nitrogens with zero attached hydrogens (tertiary/aromatic N) is 2. The van der Waals surface area contributed by atoms with E-state index in [2.05, 4.69) is 23.1 Å². The third-order valence-electron chi connectivity index (χ3n) is 4.41. The number of halogens is 1. The summed E-state index contributed by atoms with van der Waals surface area (Å²) < 4.78 is 0. The molecule has 0 saturated carbocycles. The fourth-order valence-corrected chi connectivity index (χ4v) is 3.45. The molecule has 22 heavy (non-hydrogen) atoms. The van der Waals surface area contributed by atoms with E-state index >= 15 is 0 Å². The van der Waals surface area contributed by atoms with Crippen molar-refractivity contribution in [2.24, 2.45) is 5.92 Å². The highest BCUT2D eigenvalue weighted by atomic mass is 35.5. The molecule has 2 N–H and O–H groups in total. The van der Waals surface area contributed by atoms with Gasteiger partial charge in [-0.25, -0.2) is 0 Å². The summed E-state index contributed by atoms with van der Waals surface area (Å²) in [6.45, 7) is 2.25. The van der Waals surface area contributed by atoms with Crippen molar-refractivity contribution in [3.8, 4) is 0 Å². The molecule has 1 aromatic rings. The van der Waals surface area contributed by atoms with E-state index in [4.69, 9.17) is 11.6 Å². The Morgan fingerprint density at radius 2 is 1.95 bits per heavy atom. The third kappa shape index (κ3) is 3.59. The van der Waals surface area contributed by atoms with Crippen LogP contribution >= 0.6 is 11.6 Å². The lowest BCUT2D eigenvalue weighted by Gasteiger charge is -2.24. The number of alkyl halides is 1. The molecule has 4 nitrogen and oxygen atoms in total. The van der Waals surface area contributed by atoms with Crippen molar-refractivity contribution in [3.05, 3.63) is 59.7 Å². The summed E-state index contributed by atoms with van der Waals surface area (Å²) in [4.78, 5) is 2.26. The lowest BCUT2D eigenvalue weighted by Crippen LogP contribution is -2.37. The first-order chi connectivity index (χ1) is 10.6. The highest BCUT2D eigenvalue weighted by Crippen LogP contribution is 2.31. The van der Waals surface area contributed by atoms with Crippen LogP contribution in [0.1, 0.15) is 12.0 Å². The van der Waals surface area contributed by atoms with E-state index in [0.29, 0.717) is 11.8 Å². The van der Waals surface area contributed by atoms with Gasteiger partial charge in [0.25, 0.3) is 0 Å². The molecule has 0 spiro atoms. The Morgan fingerprint density at radius 3 is 2.59 bits per heavy atom. The Kier molecular flexibility index (Phi) is 4.96. The van der Waals surface area contributed by atoms with Crippen LogP contribution in [0, 0.1) is 5.92 Å². The highest BCUT2D eigenvalue weighted by molar-refractivity contribution is 6.22. The van der Waals surface area contributed by atoms with Crippen LogP contribution in [0.3, 0.4) is 0 Å². The van der Waals surface area contributed by atoms with Gasteiger partial charge >= 0.3 is 0 Å². The predicted molar refractivity (Wildman–Crippen MR) is 85.9 cm³/mol. The highest BCUT2D eigenvalue weighted by Gasteiger charge is 2.38. The van der Waals surface area contributed by atoms with E-state index < -0.39 is 0 Å². The molecule has 2 aliphatic rings. The topological polar surface area (TPSA) is 46.9 Å². The van der Waals surface area contributed by atoms with Gasteiger partial charge in [-0.3, -0.25) is 15.3 Å². The monoisotopic (exact) mass is 320 g/mol. The molecule has 0 radical (unpaired) electrons. The number of hydrogen-bond donors (Lipinski definition) is 2. The smallest absolute Gasteiger partial charge is 0.0831 e. The van der Waals surface area contributed by atoms with Crippen LogP contribution < -0.4 is 0 Å². The number of hydrogen-bond acceptors (Lipinski definition) is 4. The van der Waals surface area contributed by atoms with Gasteiger partial charge in [0.2, 0.25) is 0 Å². The Hall–Kier alpha value is -1.17. The largest absolute Gasteiger partial charge is 0.297 e. The normalized spacial score (nSPS) is 29.1. The summed E-state index contributed by atoms with van der Waals surface area (Å²) in [5, 5.41) is 19.6. The molecule has 0 bridgehead atoms. The second-order valence-corrected chi connectivity index (χ2v) is 6.55.